The van der Waals surface area contributed by atoms with E-state index in [4.69, 9.17) is 10.5 Å². The molecule has 3 N–H and O–H groups in total. The Morgan fingerprint density at radius 1 is 1.26 bits per heavy atom. The maximum absolute atomic E-state index is 9.36. The van der Waals surface area contributed by atoms with Gasteiger partial charge in [-0.2, -0.15) is 0 Å². The summed E-state index contributed by atoms with van der Waals surface area (Å²) in [5.41, 5.74) is 6.64. The molecule has 2 aromatic heterocycles. The maximum Gasteiger partial charge on any atom is 0.177 e. The summed E-state index contributed by atoms with van der Waals surface area (Å²) in [7, 11) is 2.79. The zero-order chi connectivity index (χ0) is 16.7. The van der Waals surface area contributed by atoms with Crippen molar-refractivity contribution in [3.05, 3.63) is 12.7 Å². The second-order valence-electron chi connectivity index (χ2n) is 4.20. The van der Waals surface area contributed by atoms with Gasteiger partial charge in [0, 0.05) is 0 Å². The molecule has 11 nitrogen and oxygen atoms in total. The summed E-state index contributed by atoms with van der Waals surface area (Å²) in [5, 5.41) is 16.6. The Morgan fingerprint density at radius 2 is 2.00 bits per heavy atom. The van der Waals surface area contributed by atoms with E-state index in [1.807, 2.05) is 0 Å². The van der Waals surface area contributed by atoms with Gasteiger partial charge in [0.05, 0.1) is 25.4 Å². The van der Waals surface area contributed by atoms with Crippen molar-refractivity contribution in [2.75, 3.05) is 26.6 Å². The lowest BCUT2D eigenvalue weighted by Gasteiger charge is -2.19. The minimum absolute atomic E-state index is 0.246. The van der Waals surface area contributed by atoms with Crippen LogP contribution in [0.25, 0.3) is 11.2 Å². The Kier molecular flexibility index (Phi) is 5.77. The molecular formula is C12H17N7O4. The zero-order valence-electron chi connectivity index (χ0n) is 12.6. The van der Waals surface area contributed by atoms with Gasteiger partial charge in [0.15, 0.2) is 17.7 Å². The first kappa shape index (κ1) is 16.6. The van der Waals surface area contributed by atoms with Crippen molar-refractivity contribution in [3.63, 3.8) is 0 Å². The predicted molar refractivity (Wildman–Crippen MR) is 81.7 cm³/mol. The second-order valence-corrected chi connectivity index (χ2v) is 4.20. The van der Waals surface area contributed by atoms with Crippen LogP contribution >= 0.6 is 0 Å². The molecule has 0 aliphatic carbocycles. The first-order valence-electron chi connectivity index (χ1n) is 6.53. The normalized spacial score (nSPS) is 14.6. The molecule has 0 spiro atoms. The standard InChI is InChI=1S/C12H17N7O4/c1-21-17-3-8(5-20)23-9(4-18-22-2)19-7-16-10-11(13)14-6-15-12(10)19/h3-4,6-9,20H,5H2,1-2H3,(H2,13,14,15)/t8-,9+/m0/s1. The summed E-state index contributed by atoms with van der Waals surface area (Å²) in [4.78, 5) is 21.4. The van der Waals surface area contributed by atoms with Gasteiger partial charge in [-0.05, 0) is 0 Å². The molecular weight excluding hydrogens is 306 g/mol. The van der Waals surface area contributed by atoms with E-state index >= 15 is 0 Å². The third-order valence-electron chi connectivity index (χ3n) is 2.78. The molecule has 0 aliphatic rings. The number of nitrogens with two attached hydrogens (primary N) is 1. The number of nitrogen functional groups attached to an aromatic ring is 1. The highest BCUT2D eigenvalue weighted by Crippen LogP contribution is 2.19. The third kappa shape index (κ3) is 3.90. The average molecular weight is 323 g/mol. The molecule has 0 aliphatic heterocycles. The lowest BCUT2D eigenvalue weighted by Crippen LogP contribution is -2.26. The van der Waals surface area contributed by atoms with Crippen LogP contribution in [-0.2, 0) is 14.4 Å². The number of nitrogens with zero attached hydrogens (tertiary/aromatic N) is 6. The van der Waals surface area contributed by atoms with Crippen molar-refractivity contribution >= 4 is 29.4 Å². The van der Waals surface area contributed by atoms with Crippen LogP contribution in [0.3, 0.4) is 0 Å². The number of aromatic nitrogens is 4. The Morgan fingerprint density at radius 3 is 2.70 bits per heavy atom. The van der Waals surface area contributed by atoms with Crippen LogP contribution < -0.4 is 5.73 Å². The first-order valence-corrected chi connectivity index (χ1v) is 6.53. The monoisotopic (exact) mass is 323 g/mol. The Hall–Kier alpha value is -2.79. The molecule has 0 unspecified atom stereocenters. The van der Waals surface area contributed by atoms with E-state index in [9.17, 15) is 5.11 Å². The second kappa shape index (κ2) is 8.00. The van der Waals surface area contributed by atoms with Gasteiger partial charge in [-0.3, -0.25) is 4.57 Å². The SMILES string of the molecule is CON=C[C@@H](CO)O[C@H](C=NOC)n1cnc2c(N)ncnc21. The van der Waals surface area contributed by atoms with Crippen LogP contribution in [0.2, 0.25) is 0 Å². The highest BCUT2D eigenvalue weighted by atomic mass is 16.6. The topological polar surface area (TPSA) is 142 Å². The fourth-order valence-electron chi connectivity index (χ4n) is 1.77. The number of aliphatic hydroxyl groups excluding tert-OH is 1. The molecule has 0 radical (unpaired) electrons. The number of rotatable bonds is 8. The molecule has 2 heterocycles. The van der Waals surface area contributed by atoms with Crippen molar-refractivity contribution in [1.82, 2.24) is 19.5 Å². The van der Waals surface area contributed by atoms with Gasteiger partial charge in [-0.15, -0.1) is 0 Å². The van der Waals surface area contributed by atoms with E-state index in [0.29, 0.717) is 11.2 Å². The van der Waals surface area contributed by atoms with Crippen LogP contribution in [0.1, 0.15) is 6.23 Å². The van der Waals surface area contributed by atoms with Crippen LogP contribution in [0.4, 0.5) is 5.82 Å². The number of oxime groups is 2. The lowest BCUT2D eigenvalue weighted by molar-refractivity contribution is -0.00161. The molecule has 0 saturated carbocycles. The largest absolute Gasteiger partial charge is 0.399 e. The fraction of sp³-hybridized carbons (Fsp3) is 0.417. The van der Waals surface area contributed by atoms with Crippen LogP contribution in [-0.4, -0.2) is 64.0 Å². The van der Waals surface area contributed by atoms with Gasteiger partial charge in [0.1, 0.15) is 32.2 Å². The Bertz CT molecular complexity index is 687. The first-order chi connectivity index (χ1) is 11.2. The van der Waals surface area contributed by atoms with Crippen molar-refractivity contribution < 1.29 is 19.5 Å². The molecule has 0 saturated heterocycles. The van der Waals surface area contributed by atoms with E-state index in [-0.39, 0.29) is 12.4 Å². The molecule has 0 aromatic carbocycles. The maximum atomic E-state index is 9.36. The van der Waals surface area contributed by atoms with E-state index in [1.54, 1.807) is 4.57 Å². The third-order valence-corrected chi connectivity index (χ3v) is 2.78. The van der Waals surface area contributed by atoms with Crippen molar-refractivity contribution in [3.8, 4) is 0 Å². The Balaban J connectivity index is 2.35. The van der Waals surface area contributed by atoms with E-state index in [2.05, 4.69) is 34.9 Å². The molecule has 0 amide bonds. The summed E-state index contributed by atoms with van der Waals surface area (Å²) in [6.07, 6.45) is 3.98. The van der Waals surface area contributed by atoms with Gasteiger partial charge in [-0.25, -0.2) is 15.0 Å². The quantitative estimate of drug-likeness (QED) is 0.491. The predicted octanol–water partition coefficient (Wildman–Crippen LogP) is -0.451. The van der Waals surface area contributed by atoms with Crippen molar-refractivity contribution in [1.29, 1.82) is 0 Å². The number of anilines is 1. The van der Waals surface area contributed by atoms with E-state index in [1.165, 1.54) is 39.3 Å². The number of aliphatic hydroxyl groups is 1. The van der Waals surface area contributed by atoms with Gasteiger partial charge in [0.25, 0.3) is 0 Å². The molecule has 23 heavy (non-hydrogen) atoms. The van der Waals surface area contributed by atoms with E-state index < -0.39 is 12.3 Å². The summed E-state index contributed by atoms with van der Waals surface area (Å²) in [6, 6.07) is 0. The number of hydrogen-bond acceptors (Lipinski definition) is 10. The molecule has 2 aromatic rings. The molecule has 0 bridgehead atoms. The van der Waals surface area contributed by atoms with Crippen molar-refractivity contribution in [2.24, 2.45) is 10.3 Å². The molecule has 11 heteroatoms. The molecule has 0 fully saturated rings. The summed E-state index contributed by atoms with van der Waals surface area (Å²) < 4.78 is 7.28. The Labute approximate surface area is 131 Å². The van der Waals surface area contributed by atoms with E-state index in [0.717, 1.165) is 0 Å². The smallest absolute Gasteiger partial charge is 0.177 e. The van der Waals surface area contributed by atoms with Crippen LogP contribution in [0.15, 0.2) is 23.0 Å². The van der Waals surface area contributed by atoms with Gasteiger partial charge >= 0.3 is 0 Å². The minimum atomic E-state index is -0.769. The summed E-state index contributed by atoms with van der Waals surface area (Å²) >= 11 is 0. The lowest BCUT2D eigenvalue weighted by atomic mass is 10.4. The molecule has 2 atom stereocenters. The van der Waals surface area contributed by atoms with Gasteiger partial charge in [0.2, 0.25) is 0 Å². The number of hydrogen-bond donors (Lipinski definition) is 2. The fourth-order valence-corrected chi connectivity index (χ4v) is 1.77. The highest BCUT2D eigenvalue weighted by molar-refractivity contribution is 5.82. The molecule has 124 valence electrons. The van der Waals surface area contributed by atoms with Crippen molar-refractivity contribution in [2.45, 2.75) is 12.3 Å². The van der Waals surface area contributed by atoms with Crippen LogP contribution in [0, 0.1) is 0 Å². The average Bonchev–Trinajstić information content (AvgIpc) is 3.00. The highest BCUT2D eigenvalue weighted by Gasteiger charge is 2.19. The van der Waals surface area contributed by atoms with Crippen LogP contribution in [0.5, 0.6) is 0 Å². The zero-order valence-corrected chi connectivity index (χ0v) is 12.6. The summed E-state index contributed by atoms with van der Waals surface area (Å²) in [5.74, 6) is 0.246. The minimum Gasteiger partial charge on any atom is -0.399 e. The van der Waals surface area contributed by atoms with Gasteiger partial charge in [-0.1, -0.05) is 10.3 Å². The summed E-state index contributed by atoms with van der Waals surface area (Å²) in [6.45, 7) is -0.312. The number of imidazole rings is 1. The molecule has 2 rings (SSSR count). The number of ether oxygens (including phenoxy) is 1. The number of fused-ring (bicyclic) bond motifs is 1. The van der Waals surface area contributed by atoms with Gasteiger partial charge < -0.3 is 25.3 Å².